The van der Waals surface area contributed by atoms with Crippen LogP contribution < -0.4 is 0 Å². The van der Waals surface area contributed by atoms with Crippen molar-refractivity contribution in [1.29, 1.82) is 0 Å². The van der Waals surface area contributed by atoms with E-state index in [-0.39, 0.29) is 22.4 Å². The molecule has 0 aromatic rings. The lowest BCUT2D eigenvalue weighted by Crippen LogP contribution is -2.50. The van der Waals surface area contributed by atoms with Crippen LogP contribution in [-0.4, -0.2) is 39.6 Å². The number of hydrogen-bond donors (Lipinski definition) is 0. The quantitative estimate of drug-likeness (QED) is 0.137. The lowest BCUT2D eigenvalue weighted by molar-refractivity contribution is -0.138. The Kier molecular flexibility index (Phi) is 10.6. The Balaban J connectivity index is 2.29. The molecule has 0 aliphatic heterocycles. The zero-order valence-corrected chi connectivity index (χ0v) is 24.3. The van der Waals surface area contributed by atoms with E-state index < -0.39 is 8.32 Å². The molecule has 0 heterocycles. The van der Waals surface area contributed by atoms with Crippen LogP contribution in [0.25, 0.3) is 0 Å². The molecular formula is C29H48O5Si. The third-order valence-electron chi connectivity index (χ3n) is 8.49. The van der Waals surface area contributed by atoms with Crippen LogP contribution in [-0.2, 0) is 23.5 Å². The largest absolute Gasteiger partial charge is 0.463 e. The van der Waals surface area contributed by atoms with Crippen molar-refractivity contribution in [3.8, 4) is 0 Å². The summed E-state index contributed by atoms with van der Waals surface area (Å²) in [6, 6.07) is 0. The van der Waals surface area contributed by atoms with Gasteiger partial charge in [-0.05, 0) is 81.3 Å². The van der Waals surface area contributed by atoms with Crippen molar-refractivity contribution in [3.05, 3.63) is 36.0 Å². The summed E-state index contributed by atoms with van der Waals surface area (Å²) in [5.41, 5.74) is 1.40. The Morgan fingerprint density at radius 2 is 1.63 bits per heavy atom. The van der Waals surface area contributed by atoms with E-state index in [1.807, 2.05) is 13.0 Å². The maximum absolute atomic E-state index is 11.9. The van der Waals surface area contributed by atoms with Gasteiger partial charge in [-0.15, -0.1) is 0 Å². The molecule has 0 radical (unpaired) electrons. The van der Waals surface area contributed by atoms with Gasteiger partial charge in [0.2, 0.25) is 0 Å². The van der Waals surface area contributed by atoms with E-state index in [0.717, 1.165) is 19.3 Å². The molecule has 0 bridgehead atoms. The standard InChI is InChI=1S/C29H48O5Si/c1-9-32-26(30)17-11-14-22(15-12-18-27(31)33-10-2)23-19-20-24-25(16-13-21-29(23,24)6)34-35(7,8)28(3,4)5/h11-12,14,17-18,23-25H,9-10,13,15-16,19-21H2,1-8H3/t23-,24?,25+,29-/m1/s1. The van der Waals surface area contributed by atoms with Gasteiger partial charge in [-0.3, -0.25) is 0 Å². The molecule has 0 spiro atoms. The van der Waals surface area contributed by atoms with E-state index >= 15 is 0 Å². The van der Waals surface area contributed by atoms with Gasteiger partial charge < -0.3 is 13.9 Å². The third-order valence-corrected chi connectivity index (χ3v) is 13.0. The van der Waals surface area contributed by atoms with Gasteiger partial charge in [-0.25, -0.2) is 9.59 Å². The molecule has 5 nitrogen and oxygen atoms in total. The minimum absolute atomic E-state index is 0.145. The molecule has 0 aromatic heterocycles. The summed E-state index contributed by atoms with van der Waals surface area (Å²) >= 11 is 0. The van der Waals surface area contributed by atoms with E-state index in [1.54, 1.807) is 13.0 Å². The maximum Gasteiger partial charge on any atom is 0.330 e. The lowest BCUT2D eigenvalue weighted by atomic mass is 9.62. The fourth-order valence-electron chi connectivity index (χ4n) is 5.67. The molecule has 0 saturated heterocycles. The second-order valence-corrected chi connectivity index (χ2v) is 16.5. The van der Waals surface area contributed by atoms with Crippen molar-refractivity contribution >= 4 is 20.3 Å². The van der Waals surface area contributed by atoms with E-state index in [9.17, 15) is 9.59 Å². The molecule has 2 aliphatic carbocycles. The average molecular weight is 505 g/mol. The van der Waals surface area contributed by atoms with E-state index in [2.05, 4.69) is 46.9 Å². The van der Waals surface area contributed by atoms with Crippen molar-refractivity contribution in [3.63, 3.8) is 0 Å². The minimum Gasteiger partial charge on any atom is -0.463 e. The number of carbonyl (C=O) groups excluding carboxylic acids is 2. The van der Waals surface area contributed by atoms with Gasteiger partial charge in [-0.1, -0.05) is 57.9 Å². The van der Waals surface area contributed by atoms with Crippen molar-refractivity contribution in [2.75, 3.05) is 13.2 Å². The number of carbonyl (C=O) groups is 2. The Morgan fingerprint density at radius 1 is 1.00 bits per heavy atom. The van der Waals surface area contributed by atoms with Crippen molar-refractivity contribution in [2.24, 2.45) is 17.3 Å². The Hall–Kier alpha value is -1.66. The highest BCUT2D eigenvalue weighted by Gasteiger charge is 2.54. The highest BCUT2D eigenvalue weighted by atomic mass is 28.4. The lowest BCUT2D eigenvalue weighted by Gasteiger charge is -2.49. The van der Waals surface area contributed by atoms with Crippen LogP contribution in [0.15, 0.2) is 36.0 Å². The summed E-state index contributed by atoms with van der Waals surface area (Å²) in [6.45, 7) is 18.4. The molecule has 198 valence electrons. The van der Waals surface area contributed by atoms with Gasteiger partial charge >= 0.3 is 11.9 Å². The van der Waals surface area contributed by atoms with Crippen molar-refractivity contribution < 1.29 is 23.5 Å². The molecule has 2 rings (SSSR count). The van der Waals surface area contributed by atoms with Gasteiger partial charge in [0.05, 0.1) is 13.2 Å². The van der Waals surface area contributed by atoms with E-state index in [1.165, 1.54) is 30.6 Å². The summed E-state index contributed by atoms with van der Waals surface area (Å²) in [5.74, 6) is 0.268. The number of ether oxygens (including phenoxy) is 2. The molecule has 0 amide bonds. The molecule has 35 heavy (non-hydrogen) atoms. The smallest absolute Gasteiger partial charge is 0.330 e. The van der Waals surface area contributed by atoms with Gasteiger partial charge in [0.1, 0.15) is 0 Å². The fourth-order valence-corrected chi connectivity index (χ4v) is 7.07. The first kappa shape index (κ1) is 29.6. The highest BCUT2D eigenvalue weighted by Crippen LogP contribution is 2.59. The molecule has 6 heteroatoms. The van der Waals surface area contributed by atoms with Crippen LogP contribution in [0.2, 0.25) is 18.1 Å². The normalized spacial score (nSPS) is 27.9. The molecule has 2 fully saturated rings. The average Bonchev–Trinajstić information content (AvgIpc) is 3.10. The summed E-state index contributed by atoms with van der Waals surface area (Å²) in [5, 5.41) is 0.194. The summed E-state index contributed by atoms with van der Waals surface area (Å²) in [6.07, 6.45) is 15.5. The second-order valence-electron chi connectivity index (χ2n) is 11.8. The number of rotatable bonds is 10. The van der Waals surface area contributed by atoms with Crippen LogP contribution in [0, 0.1) is 17.3 Å². The van der Waals surface area contributed by atoms with Crippen molar-refractivity contribution in [1.82, 2.24) is 0 Å². The van der Waals surface area contributed by atoms with E-state index in [0.29, 0.717) is 37.6 Å². The molecular weight excluding hydrogens is 456 g/mol. The number of allylic oxidation sites excluding steroid dienone is 4. The Labute approximate surface area is 214 Å². The first-order valence-electron chi connectivity index (χ1n) is 13.4. The zero-order chi connectivity index (χ0) is 26.3. The summed E-state index contributed by atoms with van der Waals surface area (Å²) < 4.78 is 17.1. The Bertz CT molecular complexity index is 819. The summed E-state index contributed by atoms with van der Waals surface area (Å²) in [7, 11) is -1.86. The van der Waals surface area contributed by atoms with Crippen LogP contribution in [0.4, 0.5) is 0 Å². The van der Waals surface area contributed by atoms with Crippen LogP contribution in [0.3, 0.4) is 0 Å². The molecule has 2 saturated carbocycles. The van der Waals surface area contributed by atoms with Crippen LogP contribution in [0.5, 0.6) is 0 Å². The van der Waals surface area contributed by atoms with Gasteiger partial charge in [0.15, 0.2) is 8.32 Å². The Morgan fingerprint density at radius 3 is 2.23 bits per heavy atom. The molecule has 1 unspecified atom stereocenters. The molecule has 2 aliphatic rings. The highest BCUT2D eigenvalue weighted by molar-refractivity contribution is 6.74. The minimum atomic E-state index is -1.86. The van der Waals surface area contributed by atoms with Gasteiger partial charge in [0.25, 0.3) is 0 Å². The predicted molar refractivity (Wildman–Crippen MR) is 144 cm³/mol. The van der Waals surface area contributed by atoms with Gasteiger partial charge in [-0.2, -0.15) is 0 Å². The van der Waals surface area contributed by atoms with Crippen LogP contribution in [0.1, 0.15) is 80.1 Å². The molecule has 4 atom stereocenters. The predicted octanol–water partition coefficient (Wildman–Crippen LogP) is 7.15. The van der Waals surface area contributed by atoms with Crippen molar-refractivity contribution in [2.45, 2.75) is 104 Å². The third kappa shape index (κ3) is 7.66. The number of fused-ring (bicyclic) bond motifs is 1. The van der Waals surface area contributed by atoms with Gasteiger partial charge in [0, 0.05) is 18.3 Å². The number of hydrogen-bond acceptors (Lipinski definition) is 5. The monoisotopic (exact) mass is 504 g/mol. The zero-order valence-electron chi connectivity index (χ0n) is 23.3. The fraction of sp³-hybridized carbons (Fsp3) is 0.724. The summed E-state index contributed by atoms with van der Waals surface area (Å²) in [4.78, 5) is 23.7. The topological polar surface area (TPSA) is 61.8 Å². The number of esters is 2. The van der Waals surface area contributed by atoms with E-state index in [4.69, 9.17) is 13.9 Å². The molecule has 0 N–H and O–H groups in total. The molecule has 0 aromatic carbocycles. The second kappa shape index (κ2) is 12.5. The maximum atomic E-state index is 11.9. The first-order valence-corrected chi connectivity index (χ1v) is 16.3. The SMILES string of the molecule is CCOC(=O)C=CC=C(CC=CC(=O)OCC)[C@H]1CCC2[C@@H](O[Si](C)(C)C(C)(C)C)CCC[C@@]21C. The van der Waals surface area contributed by atoms with Crippen LogP contribution >= 0.6 is 0 Å². The first-order chi connectivity index (χ1) is 16.4.